The normalized spacial score (nSPS) is 11.6. The van der Waals surface area contributed by atoms with Gasteiger partial charge in [0, 0.05) is 42.8 Å². The SMILES string of the molecule is CC.CC.CC(=O)c1ccccc1.CCC.II.N#CN=C1NC(=O)CS1. The molecule has 8 heteroatoms. The molecule has 1 saturated heterocycles. The number of rotatable bonds is 1. The first-order valence-electron chi connectivity index (χ1n) is 8.64. The minimum Gasteiger partial charge on any atom is -0.304 e. The summed E-state index contributed by atoms with van der Waals surface area (Å²) in [6.07, 6.45) is 2.83. The second-order valence-electron chi connectivity index (χ2n) is 3.98. The quantitative estimate of drug-likeness (QED) is 0.213. The van der Waals surface area contributed by atoms with Gasteiger partial charge in [0.25, 0.3) is 0 Å². The van der Waals surface area contributed by atoms with Gasteiger partial charge in [0.1, 0.15) is 0 Å². The number of hydrogen-bond acceptors (Lipinski definition) is 5. The predicted molar refractivity (Wildman–Crippen MR) is 137 cm³/mol. The average molecular weight is 619 g/mol. The smallest absolute Gasteiger partial charge is 0.236 e. The number of thioether (sulfide) groups is 1. The summed E-state index contributed by atoms with van der Waals surface area (Å²) >= 11 is 5.48. The van der Waals surface area contributed by atoms with Gasteiger partial charge in [-0.25, -0.2) is 0 Å². The fraction of sp³-hybridized carbons (Fsp3) is 0.474. The molecule has 0 saturated carbocycles. The van der Waals surface area contributed by atoms with Crippen molar-refractivity contribution in [1.82, 2.24) is 5.32 Å². The van der Waals surface area contributed by atoms with E-state index in [2.05, 4.69) is 61.4 Å². The van der Waals surface area contributed by atoms with Crippen LogP contribution in [0.3, 0.4) is 0 Å². The third-order valence-corrected chi connectivity index (χ3v) is 2.79. The molecule has 0 radical (unpaired) electrons. The molecule has 1 amide bonds. The fourth-order valence-corrected chi connectivity index (χ4v) is 1.74. The van der Waals surface area contributed by atoms with Crippen LogP contribution in [0.4, 0.5) is 0 Å². The summed E-state index contributed by atoms with van der Waals surface area (Å²) in [6.45, 7) is 13.8. The molecule has 1 aromatic carbocycles. The van der Waals surface area contributed by atoms with Crippen molar-refractivity contribution < 1.29 is 9.59 Å². The number of nitriles is 1. The second kappa shape index (κ2) is 30.1. The van der Waals surface area contributed by atoms with Gasteiger partial charge in [0.05, 0.1) is 5.75 Å². The molecule has 1 heterocycles. The average Bonchev–Trinajstić information content (AvgIpc) is 3.13. The van der Waals surface area contributed by atoms with E-state index in [4.69, 9.17) is 5.26 Å². The lowest BCUT2D eigenvalue weighted by Gasteiger charge is -1.89. The maximum absolute atomic E-state index is 10.6. The Labute approximate surface area is 192 Å². The van der Waals surface area contributed by atoms with E-state index in [0.29, 0.717) is 10.9 Å². The first-order valence-corrected chi connectivity index (χ1v) is 15.9. The highest BCUT2D eigenvalue weighted by Crippen LogP contribution is 2.07. The maximum Gasteiger partial charge on any atom is 0.236 e. The second-order valence-corrected chi connectivity index (χ2v) is 4.95. The number of nitrogens with zero attached hydrogens (tertiary/aromatic N) is 2. The molecule has 0 aliphatic carbocycles. The van der Waals surface area contributed by atoms with Gasteiger partial charge in [-0.3, -0.25) is 9.59 Å². The molecule has 1 aliphatic rings. The largest absolute Gasteiger partial charge is 0.304 e. The number of ketones is 1. The molecule has 5 nitrogen and oxygen atoms in total. The Bertz CT molecular complexity index is 534. The van der Waals surface area contributed by atoms with Gasteiger partial charge in [-0.15, -0.1) is 4.99 Å². The number of hydrogen-bond donors (Lipinski definition) is 1. The van der Waals surface area contributed by atoms with Gasteiger partial charge < -0.3 is 5.32 Å². The van der Waals surface area contributed by atoms with Crippen LogP contribution < -0.4 is 5.32 Å². The highest BCUT2D eigenvalue weighted by Gasteiger charge is 2.15. The molecular formula is C19H31I2N3O2S. The van der Waals surface area contributed by atoms with E-state index in [1.807, 2.05) is 58.0 Å². The van der Waals surface area contributed by atoms with E-state index < -0.39 is 0 Å². The Morgan fingerprint density at radius 3 is 1.89 bits per heavy atom. The first kappa shape index (κ1) is 33.9. The fourth-order valence-electron chi connectivity index (χ4n) is 1.10. The van der Waals surface area contributed by atoms with Gasteiger partial charge in [-0.2, -0.15) is 5.26 Å². The van der Waals surface area contributed by atoms with Crippen molar-refractivity contribution in [2.45, 2.75) is 54.9 Å². The minimum atomic E-state index is -0.0889. The lowest BCUT2D eigenvalue weighted by molar-refractivity contribution is -0.116. The van der Waals surface area contributed by atoms with E-state index in [1.54, 1.807) is 13.1 Å². The van der Waals surface area contributed by atoms with Crippen LogP contribution in [0.25, 0.3) is 0 Å². The van der Waals surface area contributed by atoms with Gasteiger partial charge in [0.15, 0.2) is 11.0 Å². The number of benzene rings is 1. The molecule has 154 valence electrons. The highest BCUT2D eigenvalue weighted by atomic mass is 128. The number of halogens is 2. The molecule has 1 N–H and O–H groups in total. The summed E-state index contributed by atoms with van der Waals surface area (Å²) in [5.74, 6) is 0.408. The summed E-state index contributed by atoms with van der Waals surface area (Å²) in [5.41, 5.74) is 0.775. The Morgan fingerprint density at radius 2 is 1.63 bits per heavy atom. The molecule has 1 fully saturated rings. The topological polar surface area (TPSA) is 82.3 Å². The van der Waals surface area contributed by atoms with Gasteiger partial charge >= 0.3 is 0 Å². The van der Waals surface area contributed by atoms with E-state index in [-0.39, 0.29) is 11.7 Å². The van der Waals surface area contributed by atoms with E-state index >= 15 is 0 Å². The zero-order valence-electron chi connectivity index (χ0n) is 17.2. The number of carbonyl (C=O) groups excluding carboxylic acids is 2. The molecule has 2 rings (SSSR count). The van der Waals surface area contributed by atoms with Gasteiger partial charge in [-0.1, -0.05) is 90.1 Å². The lowest BCUT2D eigenvalue weighted by atomic mass is 10.2. The van der Waals surface area contributed by atoms with Crippen molar-refractivity contribution in [2.24, 2.45) is 4.99 Å². The monoisotopic (exact) mass is 619 g/mol. The van der Waals surface area contributed by atoms with Crippen molar-refractivity contribution in [1.29, 1.82) is 5.26 Å². The van der Waals surface area contributed by atoms with E-state index in [0.717, 1.165) is 5.56 Å². The Kier molecular flexibility index (Phi) is 37.7. The summed E-state index contributed by atoms with van der Waals surface area (Å²) in [4.78, 5) is 24.4. The van der Waals surface area contributed by atoms with Gasteiger partial charge in [-0.05, 0) is 6.92 Å². The number of carbonyl (C=O) groups is 2. The third kappa shape index (κ3) is 25.3. The van der Waals surface area contributed by atoms with Crippen LogP contribution in [0, 0.1) is 11.5 Å². The summed E-state index contributed by atoms with van der Waals surface area (Å²) < 4.78 is 0. The van der Waals surface area contributed by atoms with Crippen LogP contribution in [0.5, 0.6) is 0 Å². The molecule has 0 aromatic heterocycles. The van der Waals surface area contributed by atoms with Crippen LogP contribution >= 0.6 is 49.0 Å². The molecule has 1 aliphatic heterocycles. The number of aliphatic imine (C=N–C) groups is 1. The van der Waals surface area contributed by atoms with E-state index in [9.17, 15) is 9.59 Å². The number of Topliss-reactive ketones (excluding diaryl/α,β-unsaturated/α-hetero) is 1. The molecule has 0 atom stereocenters. The minimum absolute atomic E-state index is 0.0889. The van der Waals surface area contributed by atoms with Crippen LogP contribution in [0.15, 0.2) is 35.3 Å². The van der Waals surface area contributed by atoms with Gasteiger partial charge in [0.2, 0.25) is 12.1 Å². The molecule has 0 bridgehead atoms. The van der Waals surface area contributed by atoms with Crippen LogP contribution in [0.2, 0.25) is 0 Å². The Morgan fingerprint density at radius 1 is 1.19 bits per heavy atom. The maximum atomic E-state index is 10.6. The molecule has 0 unspecified atom stereocenters. The van der Waals surface area contributed by atoms with Crippen molar-refractivity contribution >= 4 is 65.9 Å². The number of nitrogens with one attached hydrogen (secondary N) is 1. The number of amidine groups is 1. The lowest BCUT2D eigenvalue weighted by Crippen LogP contribution is -2.19. The van der Waals surface area contributed by atoms with Crippen LogP contribution in [0.1, 0.15) is 65.2 Å². The molecule has 1 aromatic rings. The summed E-state index contributed by atoms with van der Waals surface area (Å²) in [7, 11) is 0. The Hall–Kier alpha value is -0.670. The summed E-state index contributed by atoms with van der Waals surface area (Å²) in [6, 6.07) is 9.23. The zero-order valence-corrected chi connectivity index (χ0v) is 22.3. The number of amides is 1. The van der Waals surface area contributed by atoms with Crippen molar-refractivity contribution in [2.75, 3.05) is 5.75 Å². The third-order valence-electron chi connectivity index (χ3n) is 1.92. The zero-order chi connectivity index (χ0) is 22.1. The van der Waals surface area contributed by atoms with Crippen LogP contribution in [-0.4, -0.2) is 22.6 Å². The predicted octanol–water partition coefficient (Wildman–Crippen LogP) is 6.82. The van der Waals surface area contributed by atoms with Crippen LogP contribution in [-0.2, 0) is 4.79 Å². The van der Waals surface area contributed by atoms with E-state index in [1.165, 1.54) is 18.2 Å². The Balaban J connectivity index is -0.000000138. The van der Waals surface area contributed by atoms with Crippen molar-refractivity contribution in [3.8, 4) is 6.19 Å². The molecular weight excluding hydrogens is 588 g/mol. The molecule has 27 heavy (non-hydrogen) atoms. The van der Waals surface area contributed by atoms with Crippen molar-refractivity contribution in [3.63, 3.8) is 0 Å². The summed E-state index contributed by atoms with van der Waals surface area (Å²) in [5, 5.41) is 10.8. The first-order chi connectivity index (χ1) is 13.0. The standard InChI is InChI=1S/C8H8O.C4H3N3OS.C3H8.2C2H6.I2/c1-7(9)8-5-3-2-4-6-8;5-2-6-4-7-3(8)1-9-4;1-3-2;3*1-2/h2-6H,1H3;1H2,(H,6,7,8);3H2,1-2H3;2*1-2H3;. The highest BCUT2D eigenvalue weighted by molar-refractivity contribution is 15.0. The van der Waals surface area contributed by atoms with Crippen molar-refractivity contribution in [3.05, 3.63) is 35.9 Å². The molecule has 0 spiro atoms.